The predicted molar refractivity (Wildman–Crippen MR) is 92.7 cm³/mol. The largest absolute Gasteiger partial charge is 0.353 e. The summed E-state index contributed by atoms with van der Waals surface area (Å²) in [5.41, 5.74) is 1.08. The van der Waals surface area contributed by atoms with E-state index in [0.29, 0.717) is 5.82 Å². The van der Waals surface area contributed by atoms with E-state index in [1.807, 2.05) is 12.3 Å². The molecule has 0 aliphatic carbocycles. The molecule has 0 unspecified atom stereocenters. The van der Waals surface area contributed by atoms with E-state index >= 15 is 0 Å². The Morgan fingerprint density at radius 1 is 0.958 bits per heavy atom. The predicted octanol–water partition coefficient (Wildman–Crippen LogP) is 1.71. The molecular weight excluding hydrogens is 322 g/mol. The van der Waals surface area contributed by atoms with Crippen molar-refractivity contribution in [2.45, 2.75) is 6.54 Å². The van der Waals surface area contributed by atoms with Gasteiger partial charge in [-0.1, -0.05) is 0 Å². The van der Waals surface area contributed by atoms with Gasteiger partial charge in [-0.05, 0) is 6.07 Å². The maximum Gasteiger partial charge on any atom is 0.188 e. The maximum absolute atomic E-state index is 4.67. The number of hydrogen-bond donors (Lipinski definition) is 0. The minimum absolute atomic E-state index is 0.696. The lowest BCUT2D eigenvalue weighted by Crippen LogP contribution is -2.46. The van der Waals surface area contributed by atoms with E-state index in [2.05, 4.69) is 40.1 Å². The van der Waals surface area contributed by atoms with Gasteiger partial charge in [0.2, 0.25) is 0 Å². The van der Waals surface area contributed by atoms with Crippen molar-refractivity contribution in [1.82, 2.24) is 29.8 Å². The Morgan fingerprint density at radius 3 is 2.54 bits per heavy atom. The first-order valence-electron chi connectivity index (χ1n) is 7.83. The van der Waals surface area contributed by atoms with Crippen molar-refractivity contribution in [3.63, 3.8) is 0 Å². The first kappa shape index (κ1) is 15.1. The van der Waals surface area contributed by atoms with Crippen molar-refractivity contribution in [2.75, 3.05) is 31.1 Å². The van der Waals surface area contributed by atoms with Crippen LogP contribution in [0.25, 0.3) is 10.8 Å². The molecule has 24 heavy (non-hydrogen) atoms. The van der Waals surface area contributed by atoms with Crippen LogP contribution < -0.4 is 4.90 Å². The zero-order valence-corrected chi connectivity index (χ0v) is 13.9. The zero-order chi connectivity index (χ0) is 16.2. The van der Waals surface area contributed by atoms with Gasteiger partial charge >= 0.3 is 0 Å². The summed E-state index contributed by atoms with van der Waals surface area (Å²) >= 11 is 1.60. The second-order valence-corrected chi connectivity index (χ2v) is 6.40. The molecule has 0 spiro atoms. The summed E-state index contributed by atoms with van der Waals surface area (Å²) in [7, 11) is 0. The first-order valence-corrected chi connectivity index (χ1v) is 8.71. The summed E-state index contributed by atoms with van der Waals surface area (Å²) in [6.07, 6.45) is 8.76. The average Bonchev–Trinajstić information content (AvgIpc) is 3.12. The molecule has 1 saturated heterocycles. The van der Waals surface area contributed by atoms with Crippen molar-refractivity contribution < 1.29 is 0 Å². The molecule has 0 bridgehead atoms. The Hall–Kier alpha value is -2.45. The van der Waals surface area contributed by atoms with Gasteiger partial charge < -0.3 is 4.90 Å². The Balaban J connectivity index is 1.35. The first-order chi connectivity index (χ1) is 11.9. The molecule has 3 aromatic rings. The van der Waals surface area contributed by atoms with Gasteiger partial charge in [-0.3, -0.25) is 9.88 Å². The smallest absolute Gasteiger partial charge is 0.188 e. The van der Waals surface area contributed by atoms with Gasteiger partial charge in [-0.15, -0.1) is 11.3 Å². The summed E-state index contributed by atoms with van der Waals surface area (Å²) in [5.74, 6) is 1.65. The highest BCUT2D eigenvalue weighted by atomic mass is 32.1. The second kappa shape index (κ2) is 6.98. The molecule has 4 heterocycles. The molecule has 0 saturated carbocycles. The molecule has 1 fully saturated rings. The number of hydrogen-bond acceptors (Lipinski definition) is 8. The molecule has 0 amide bonds. The van der Waals surface area contributed by atoms with Crippen LogP contribution in [-0.2, 0) is 6.54 Å². The van der Waals surface area contributed by atoms with Gasteiger partial charge in [0.1, 0.15) is 5.82 Å². The van der Waals surface area contributed by atoms with Crippen LogP contribution in [0, 0.1) is 0 Å². The van der Waals surface area contributed by atoms with Crippen LogP contribution in [0.15, 0.2) is 42.4 Å². The van der Waals surface area contributed by atoms with Gasteiger partial charge in [0.25, 0.3) is 0 Å². The van der Waals surface area contributed by atoms with E-state index < -0.39 is 0 Å². The van der Waals surface area contributed by atoms with Gasteiger partial charge in [-0.25, -0.2) is 19.9 Å². The Morgan fingerprint density at radius 2 is 1.79 bits per heavy atom. The van der Waals surface area contributed by atoms with Crippen LogP contribution in [0.5, 0.6) is 0 Å². The van der Waals surface area contributed by atoms with Gasteiger partial charge in [0, 0.05) is 62.9 Å². The number of nitrogens with zero attached hydrogens (tertiary/aromatic N) is 7. The molecule has 0 atom stereocenters. The number of rotatable bonds is 4. The second-order valence-electron chi connectivity index (χ2n) is 5.54. The molecule has 7 nitrogen and oxygen atoms in total. The van der Waals surface area contributed by atoms with Crippen LogP contribution in [0.2, 0.25) is 0 Å². The summed E-state index contributed by atoms with van der Waals surface area (Å²) < 4.78 is 0. The standard InChI is InChI=1S/C16H17N7S/c1-2-19-15(20-3-1)16-21-13(12-24-16)11-22-6-8-23(9-7-22)14-10-17-4-5-18-14/h1-5,10,12H,6-9,11H2. The van der Waals surface area contributed by atoms with Crippen molar-refractivity contribution >= 4 is 17.2 Å². The van der Waals surface area contributed by atoms with Gasteiger partial charge in [-0.2, -0.15) is 0 Å². The molecule has 0 N–H and O–H groups in total. The molecule has 122 valence electrons. The van der Waals surface area contributed by atoms with E-state index in [9.17, 15) is 0 Å². The lowest BCUT2D eigenvalue weighted by Gasteiger charge is -2.34. The zero-order valence-electron chi connectivity index (χ0n) is 13.1. The summed E-state index contributed by atoms with van der Waals surface area (Å²) in [4.78, 5) is 26.4. The van der Waals surface area contributed by atoms with Crippen LogP contribution in [0.1, 0.15) is 5.69 Å². The Labute approximate surface area is 144 Å². The third-order valence-corrected chi connectivity index (χ3v) is 4.83. The van der Waals surface area contributed by atoms with Crippen molar-refractivity contribution in [3.05, 3.63) is 48.1 Å². The van der Waals surface area contributed by atoms with Crippen LogP contribution in [0.4, 0.5) is 5.82 Å². The van der Waals surface area contributed by atoms with Crippen LogP contribution >= 0.6 is 11.3 Å². The molecule has 8 heteroatoms. The summed E-state index contributed by atoms with van der Waals surface area (Å²) in [6.45, 7) is 4.75. The van der Waals surface area contributed by atoms with E-state index in [-0.39, 0.29) is 0 Å². The average molecular weight is 339 g/mol. The minimum atomic E-state index is 0.696. The lowest BCUT2D eigenvalue weighted by atomic mass is 10.3. The van der Waals surface area contributed by atoms with E-state index in [4.69, 9.17) is 0 Å². The maximum atomic E-state index is 4.67. The third-order valence-electron chi connectivity index (χ3n) is 3.94. The van der Waals surface area contributed by atoms with Gasteiger partial charge in [0.15, 0.2) is 10.8 Å². The van der Waals surface area contributed by atoms with Crippen molar-refractivity contribution in [3.8, 4) is 10.8 Å². The number of aromatic nitrogens is 5. The number of piperazine rings is 1. The highest BCUT2D eigenvalue weighted by Gasteiger charge is 2.19. The molecular formula is C16H17N7S. The highest BCUT2D eigenvalue weighted by molar-refractivity contribution is 7.13. The van der Waals surface area contributed by atoms with Crippen LogP contribution in [0.3, 0.4) is 0 Å². The van der Waals surface area contributed by atoms with Gasteiger partial charge in [0.05, 0.1) is 11.9 Å². The molecule has 1 aliphatic heterocycles. The molecule has 3 aromatic heterocycles. The lowest BCUT2D eigenvalue weighted by molar-refractivity contribution is 0.247. The van der Waals surface area contributed by atoms with E-state index in [1.165, 1.54) is 0 Å². The normalized spacial score (nSPS) is 15.6. The topological polar surface area (TPSA) is 70.9 Å². The fourth-order valence-electron chi connectivity index (χ4n) is 2.71. The Bertz CT molecular complexity index is 769. The fraction of sp³-hybridized carbons (Fsp3) is 0.312. The number of anilines is 1. The SMILES string of the molecule is c1cnc(-c2nc(CN3CCN(c4cnccn4)CC3)cs2)nc1. The summed E-state index contributed by atoms with van der Waals surface area (Å²) in [5, 5.41) is 2.98. The molecule has 0 radical (unpaired) electrons. The third kappa shape index (κ3) is 3.39. The fourth-order valence-corrected chi connectivity index (χ4v) is 3.47. The molecule has 1 aliphatic rings. The van der Waals surface area contributed by atoms with E-state index in [1.54, 1.807) is 36.1 Å². The van der Waals surface area contributed by atoms with E-state index in [0.717, 1.165) is 49.2 Å². The Kier molecular flexibility index (Phi) is 4.39. The number of thiazole rings is 1. The monoisotopic (exact) mass is 339 g/mol. The van der Waals surface area contributed by atoms with Crippen LogP contribution in [-0.4, -0.2) is 56.0 Å². The molecule has 0 aromatic carbocycles. The highest BCUT2D eigenvalue weighted by Crippen LogP contribution is 2.21. The van der Waals surface area contributed by atoms with Crippen molar-refractivity contribution in [1.29, 1.82) is 0 Å². The minimum Gasteiger partial charge on any atom is -0.353 e. The van der Waals surface area contributed by atoms with Crippen molar-refractivity contribution in [2.24, 2.45) is 0 Å². The quantitative estimate of drug-likeness (QED) is 0.716. The summed E-state index contributed by atoms with van der Waals surface area (Å²) in [6, 6.07) is 1.81. The molecule has 4 rings (SSSR count).